The zero-order valence-electron chi connectivity index (χ0n) is 20.0. The van der Waals surface area contributed by atoms with E-state index in [0.717, 1.165) is 22.4 Å². The van der Waals surface area contributed by atoms with Crippen LogP contribution in [0.4, 0.5) is 0 Å². The molecule has 0 bridgehead atoms. The van der Waals surface area contributed by atoms with Crippen molar-refractivity contribution in [2.75, 3.05) is 0 Å². The van der Waals surface area contributed by atoms with E-state index in [1.807, 2.05) is 69.3 Å². The third-order valence-corrected chi connectivity index (χ3v) is 5.34. The summed E-state index contributed by atoms with van der Waals surface area (Å²) in [6, 6.07) is 22.2. The van der Waals surface area contributed by atoms with Crippen LogP contribution in [0.3, 0.4) is 0 Å². The van der Waals surface area contributed by atoms with Crippen molar-refractivity contribution < 1.29 is 14.3 Å². The third-order valence-electron chi connectivity index (χ3n) is 5.34. The molecule has 3 aromatic rings. The molecule has 3 rings (SSSR count). The van der Waals surface area contributed by atoms with Gasteiger partial charge in [0.05, 0.1) is 6.21 Å². The predicted molar refractivity (Wildman–Crippen MR) is 135 cm³/mol. The molecule has 176 valence electrons. The lowest BCUT2D eigenvalue weighted by atomic mass is 10.0. The second-order valence-electron chi connectivity index (χ2n) is 8.64. The second kappa shape index (κ2) is 11.8. The number of nitrogens with zero attached hydrogens (tertiary/aromatic N) is 1. The number of ether oxygens (including phenoxy) is 1. The molecule has 6 nitrogen and oxygen atoms in total. The van der Waals surface area contributed by atoms with Gasteiger partial charge in [-0.2, -0.15) is 5.10 Å². The fraction of sp³-hybridized carbons (Fsp3) is 0.250. The summed E-state index contributed by atoms with van der Waals surface area (Å²) in [6.45, 7) is 8.25. The molecule has 0 saturated heterocycles. The van der Waals surface area contributed by atoms with Gasteiger partial charge < -0.3 is 10.1 Å². The van der Waals surface area contributed by atoms with E-state index >= 15 is 0 Å². The van der Waals surface area contributed by atoms with Gasteiger partial charge in [0.25, 0.3) is 11.8 Å². The summed E-state index contributed by atoms with van der Waals surface area (Å²) in [5, 5.41) is 6.85. The molecule has 0 saturated carbocycles. The van der Waals surface area contributed by atoms with Gasteiger partial charge in [0.1, 0.15) is 18.4 Å². The van der Waals surface area contributed by atoms with Crippen LogP contribution in [-0.2, 0) is 11.4 Å². The Morgan fingerprint density at radius 2 is 1.47 bits per heavy atom. The Balaban J connectivity index is 1.52. The number of aryl methyl sites for hydroxylation is 2. The average molecular weight is 458 g/mol. The van der Waals surface area contributed by atoms with Gasteiger partial charge in [0, 0.05) is 5.56 Å². The molecule has 1 unspecified atom stereocenters. The molecule has 0 spiro atoms. The number of amides is 2. The molecular formula is C28H31N3O3. The van der Waals surface area contributed by atoms with Crippen molar-refractivity contribution in [3.8, 4) is 5.75 Å². The number of benzene rings is 3. The molecule has 1 atom stereocenters. The van der Waals surface area contributed by atoms with E-state index in [2.05, 4.69) is 34.9 Å². The van der Waals surface area contributed by atoms with Gasteiger partial charge in [-0.15, -0.1) is 0 Å². The molecule has 0 aliphatic heterocycles. The molecule has 0 aliphatic carbocycles. The largest absolute Gasteiger partial charge is 0.489 e. The number of carbonyl (C=O) groups is 2. The minimum Gasteiger partial charge on any atom is -0.489 e. The molecule has 34 heavy (non-hydrogen) atoms. The maximum atomic E-state index is 12.6. The molecular weight excluding hydrogens is 426 g/mol. The van der Waals surface area contributed by atoms with Crippen molar-refractivity contribution in [2.24, 2.45) is 11.0 Å². The summed E-state index contributed by atoms with van der Waals surface area (Å²) in [7, 11) is 0. The topological polar surface area (TPSA) is 79.8 Å². The smallest absolute Gasteiger partial charge is 0.262 e. The zero-order chi connectivity index (χ0) is 24.5. The minimum atomic E-state index is -0.705. The van der Waals surface area contributed by atoms with Gasteiger partial charge in [-0.05, 0) is 67.3 Å². The van der Waals surface area contributed by atoms with Gasteiger partial charge in [0.2, 0.25) is 0 Å². The summed E-state index contributed by atoms with van der Waals surface area (Å²) in [5.41, 5.74) is 7.24. The molecule has 0 aliphatic rings. The minimum absolute atomic E-state index is 0.102. The van der Waals surface area contributed by atoms with Crippen molar-refractivity contribution in [2.45, 2.75) is 40.3 Å². The maximum Gasteiger partial charge on any atom is 0.262 e. The Labute approximate surface area is 201 Å². The second-order valence-corrected chi connectivity index (χ2v) is 8.64. The summed E-state index contributed by atoms with van der Waals surface area (Å²) < 4.78 is 5.81. The normalized spacial score (nSPS) is 11.9. The molecule has 2 N–H and O–H groups in total. The van der Waals surface area contributed by atoms with Crippen LogP contribution in [0.5, 0.6) is 5.75 Å². The standard InChI is InChI=1S/C28H31N3O3/c1-19(2)26(30-27(32)24-13-7-21(4)8-14-24)28(33)31-29-17-22-11-15-25(16-12-22)34-18-23-9-5-20(3)6-10-23/h5-17,19,26H,18H2,1-4H3,(H,30,32)(H,31,33)/b29-17+. The highest BCUT2D eigenvalue weighted by molar-refractivity contribution is 5.97. The summed E-state index contributed by atoms with van der Waals surface area (Å²) >= 11 is 0. The van der Waals surface area contributed by atoms with Crippen LogP contribution in [0.1, 0.15) is 46.5 Å². The van der Waals surface area contributed by atoms with Crippen molar-refractivity contribution in [1.29, 1.82) is 0 Å². The number of hydrogen-bond donors (Lipinski definition) is 2. The summed E-state index contributed by atoms with van der Waals surface area (Å²) in [4.78, 5) is 25.2. The van der Waals surface area contributed by atoms with E-state index in [0.29, 0.717) is 12.2 Å². The SMILES string of the molecule is Cc1ccc(COc2ccc(/C=N/NC(=O)C(NC(=O)c3ccc(C)cc3)C(C)C)cc2)cc1. The van der Waals surface area contributed by atoms with Gasteiger partial charge in [-0.3, -0.25) is 9.59 Å². The first-order valence-electron chi connectivity index (χ1n) is 11.3. The first-order chi connectivity index (χ1) is 16.3. The lowest BCUT2D eigenvalue weighted by Gasteiger charge is -2.20. The highest BCUT2D eigenvalue weighted by atomic mass is 16.5. The number of hydrazone groups is 1. The Bertz CT molecular complexity index is 1120. The van der Waals surface area contributed by atoms with Crippen molar-refractivity contribution >= 4 is 18.0 Å². The van der Waals surface area contributed by atoms with Gasteiger partial charge in [-0.1, -0.05) is 61.4 Å². The van der Waals surface area contributed by atoms with Gasteiger partial charge >= 0.3 is 0 Å². The molecule has 0 aromatic heterocycles. The number of rotatable bonds is 9. The van der Waals surface area contributed by atoms with Gasteiger partial charge in [-0.25, -0.2) is 5.43 Å². The van der Waals surface area contributed by atoms with E-state index in [1.54, 1.807) is 18.3 Å². The van der Waals surface area contributed by atoms with Crippen LogP contribution < -0.4 is 15.5 Å². The summed E-state index contributed by atoms with van der Waals surface area (Å²) in [6.07, 6.45) is 1.56. The molecule has 0 fully saturated rings. The molecule has 2 amide bonds. The van der Waals surface area contributed by atoms with E-state index in [4.69, 9.17) is 4.74 Å². The fourth-order valence-electron chi connectivity index (χ4n) is 3.21. The Kier molecular flexibility index (Phi) is 8.57. The molecule has 3 aromatic carbocycles. The average Bonchev–Trinajstić information content (AvgIpc) is 2.83. The third kappa shape index (κ3) is 7.30. The lowest BCUT2D eigenvalue weighted by molar-refractivity contribution is -0.123. The fourth-order valence-corrected chi connectivity index (χ4v) is 3.21. The van der Waals surface area contributed by atoms with Crippen LogP contribution >= 0.6 is 0 Å². The monoisotopic (exact) mass is 457 g/mol. The molecule has 6 heteroatoms. The van der Waals surface area contributed by atoms with E-state index in [1.165, 1.54) is 5.56 Å². The maximum absolute atomic E-state index is 12.6. The van der Waals surface area contributed by atoms with Crippen molar-refractivity contribution in [3.05, 3.63) is 101 Å². The Hall–Kier alpha value is -3.93. The quantitative estimate of drug-likeness (QED) is 0.358. The number of hydrogen-bond acceptors (Lipinski definition) is 4. The van der Waals surface area contributed by atoms with E-state index in [9.17, 15) is 9.59 Å². The van der Waals surface area contributed by atoms with Crippen LogP contribution in [0.15, 0.2) is 77.9 Å². The predicted octanol–water partition coefficient (Wildman–Crippen LogP) is 4.79. The highest BCUT2D eigenvalue weighted by Gasteiger charge is 2.24. The first-order valence-corrected chi connectivity index (χ1v) is 11.3. The van der Waals surface area contributed by atoms with Gasteiger partial charge in [0.15, 0.2) is 0 Å². The van der Waals surface area contributed by atoms with Crippen LogP contribution in [0, 0.1) is 19.8 Å². The van der Waals surface area contributed by atoms with E-state index in [-0.39, 0.29) is 17.7 Å². The van der Waals surface area contributed by atoms with Crippen molar-refractivity contribution in [3.63, 3.8) is 0 Å². The number of carbonyl (C=O) groups excluding carboxylic acids is 2. The molecule has 0 radical (unpaired) electrons. The van der Waals surface area contributed by atoms with Crippen LogP contribution in [-0.4, -0.2) is 24.1 Å². The van der Waals surface area contributed by atoms with E-state index < -0.39 is 6.04 Å². The molecule has 0 heterocycles. The van der Waals surface area contributed by atoms with Crippen molar-refractivity contribution in [1.82, 2.24) is 10.7 Å². The lowest BCUT2D eigenvalue weighted by Crippen LogP contribution is -2.48. The number of nitrogens with one attached hydrogen (secondary N) is 2. The van der Waals surface area contributed by atoms with Crippen LogP contribution in [0.2, 0.25) is 0 Å². The highest BCUT2D eigenvalue weighted by Crippen LogP contribution is 2.14. The first kappa shape index (κ1) is 24.7. The van der Waals surface area contributed by atoms with Crippen LogP contribution in [0.25, 0.3) is 0 Å². The zero-order valence-corrected chi connectivity index (χ0v) is 20.0. The summed E-state index contributed by atoms with van der Waals surface area (Å²) in [5.74, 6) is -0.0150. The Morgan fingerprint density at radius 1 is 0.882 bits per heavy atom. The Morgan fingerprint density at radius 3 is 2.06 bits per heavy atom.